The molecule has 0 unspecified atom stereocenters. The summed E-state index contributed by atoms with van der Waals surface area (Å²) in [6.07, 6.45) is 7.61. The Morgan fingerprint density at radius 2 is 1.89 bits per heavy atom. The number of rotatable bonds is 9. The van der Waals surface area contributed by atoms with Crippen molar-refractivity contribution in [3.8, 4) is 11.5 Å². The number of nitrogens with zero attached hydrogens (tertiary/aromatic N) is 3. The zero-order valence-electron chi connectivity index (χ0n) is 20.0. The molecule has 0 radical (unpaired) electrons. The lowest BCUT2D eigenvalue weighted by molar-refractivity contribution is 0.480. The molecule has 0 atom stereocenters. The summed E-state index contributed by atoms with van der Waals surface area (Å²) in [6.45, 7) is 1.91. The zero-order chi connectivity index (χ0) is 25.3. The van der Waals surface area contributed by atoms with Crippen LogP contribution in [0.1, 0.15) is 30.5 Å². The predicted octanol–water partition coefficient (Wildman–Crippen LogP) is 5.54. The smallest absolute Gasteiger partial charge is 0.209 e. The SMILES string of the molecule is Cc1ccc(Oc2ccc(Nc3ncnc4ccc(CCC5(NS(C)(=O)=O)CC5)cc34)cc2Cl)cn1. The van der Waals surface area contributed by atoms with Gasteiger partial charge in [-0.25, -0.2) is 23.1 Å². The van der Waals surface area contributed by atoms with Gasteiger partial charge in [-0.2, -0.15) is 0 Å². The molecule has 0 saturated heterocycles. The number of benzene rings is 2. The first-order valence-corrected chi connectivity index (χ1v) is 13.8. The van der Waals surface area contributed by atoms with Crippen LogP contribution in [0.15, 0.2) is 61.1 Å². The van der Waals surface area contributed by atoms with Gasteiger partial charge in [0.15, 0.2) is 0 Å². The molecule has 4 aromatic rings. The number of fused-ring (bicyclic) bond motifs is 1. The molecule has 0 bridgehead atoms. The molecule has 2 heterocycles. The highest BCUT2D eigenvalue weighted by molar-refractivity contribution is 7.88. The number of halogens is 1. The van der Waals surface area contributed by atoms with Crippen molar-refractivity contribution in [3.63, 3.8) is 0 Å². The molecule has 1 aliphatic carbocycles. The van der Waals surface area contributed by atoms with Gasteiger partial charge in [-0.05, 0) is 80.6 Å². The van der Waals surface area contributed by atoms with Gasteiger partial charge < -0.3 is 10.1 Å². The van der Waals surface area contributed by atoms with Crippen molar-refractivity contribution in [2.24, 2.45) is 0 Å². The molecule has 2 N–H and O–H groups in total. The minimum absolute atomic E-state index is 0.313. The van der Waals surface area contributed by atoms with E-state index in [2.05, 4.69) is 31.1 Å². The number of ether oxygens (including phenoxy) is 1. The lowest BCUT2D eigenvalue weighted by atomic mass is 10.0. The number of anilines is 2. The van der Waals surface area contributed by atoms with Crippen LogP contribution in [0.3, 0.4) is 0 Å². The normalized spacial score (nSPS) is 14.5. The summed E-state index contributed by atoms with van der Waals surface area (Å²) in [5.74, 6) is 1.79. The van der Waals surface area contributed by atoms with E-state index < -0.39 is 10.0 Å². The van der Waals surface area contributed by atoms with Crippen LogP contribution < -0.4 is 14.8 Å². The average Bonchev–Trinajstić information content (AvgIpc) is 3.59. The second-order valence-corrected chi connectivity index (χ2v) is 11.4. The molecule has 0 spiro atoms. The quantitative estimate of drug-likeness (QED) is 0.297. The number of nitrogens with one attached hydrogen (secondary N) is 2. The third kappa shape index (κ3) is 5.92. The van der Waals surface area contributed by atoms with Gasteiger partial charge in [0.05, 0.1) is 23.0 Å². The summed E-state index contributed by atoms with van der Waals surface area (Å²) < 4.78 is 32.0. The minimum atomic E-state index is -3.23. The molecule has 186 valence electrons. The van der Waals surface area contributed by atoms with Crippen molar-refractivity contribution in [2.45, 2.75) is 38.1 Å². The van der Waals surface area contributed by atoms with Crippen LogP contribution >= 0.6 is 11.6 Å². The number of sulfonamides is 1. The van der Waals surface area contributed by atoms with Crippen molar-refractivity contribution in [3.05, 3.63) is 77.3 Å². The molecule has 2 aromatic heterocycles. The van der Waals surface area contributed by atoms with Crippen LogP contribution in [0, 0.1) is 6.92 Å². The maximum Gasteiger partial charge on any atom is 0.209 e. The Labute approximate surface area is 215 Å². The van der Waals surface area contributed by atoms with Crippen LogP contribution in [-0.2, 0) is 16.4 Å². The standard InChI is InChI=1S/C26H26ClN5O3S/c1-17-3-6-20(15-28-17)35-24-8-5-19(14-22(24)27)31-25-21-13-18(4-7-23(21)29-16-30-25)9-10-26(11-12-26)32-36(2,33)34/h3-8,13-16,32H,9-12H2,1-2H3,(H,29,30,31). The van der Waals surface area contributed by atoms with Gasteiger partial charge in [0.1, 0.15) is 23.6 Å². The molecular formula is C26H26ClN5O3S. The van der Waals surface area contributed by atoms with Crippen molar-refractivity contribution in [2.75, 3.05) is 11.6 Å². The van der Waals surface area contributed by atoms with Gasteiger partial charge in [0.25, 0.3) is 0 Å². The highest BCUT2D eigenvalue weighted by atomic mass is 35.5. The van der Waals surface area contributed by atoms with Crippen molar-refractivity contribution < 1.29 is 13.2 Å². The number of pyridine rings is 1. The van der Waals surface area contributed by atoms with Crippen LogP contribution in [0.25, 0.3) is 10.9 Å². The van der Waals surface area contributed by atoms with Gasteiger partial charge >= 0.3 is 0 Å². The lowest BCUT2D eigenvalue weighted by Crippen LogP contribution is -2.36. The van der Waals surface area contributed by atoms with Gasteiger partial charge in [0, 0.05) is 22.3 Å². The van der Waals surface area contributed by atoms with Crippen molar-refractivity contribution in [1.82, 2.24) is 19.7 Å². The van der Waals surface area contributed by atoms with Crippen LogP contribution in [-0.4, -0.2) is 35.2 Å². The molecule has 1 saturated carbocycles. The van der Waals surface area contributed by atoms with E-state index in [9.17, 15) is 8.42 Å². The topological polar surface area (TPSA) is 106 Å². The average molecular weight is 524 g/mol. The van der Waals surface area contributed by atoms with Crippen LogP contribution in [0.4, 0.5) is 11.5 Å². The molecule has 1 fully saturated rings. The fourth-order valence-corrected chi connectivity index (χ4v) is 5.44. The molecule has 2 aromatic carbocycles. The molecule has 36 heavy (non-hydrogen) atoms. The predicted molar refractivity (Wildman–Crippen MR) is 142 cm³/mol. The first-order valence-electron chi connectivity index (χ1n) is 11.6. The first kappa shape index (κ1) is 24.4. The Morgan fingerprint density at radius 1 is 1.06 bits per heavy atom. The highest BCUT2D eigenvalue weighted by Crippen LogP contribution is 2.40. The van der Waals surface area contributed by atoms with Crippen molar-refractivity contribution >= 4 is 44.0 Å². The van der Waals surface area contributed by atoms with E-state index in [0.29, 0.717) is 22.3 Å². The van der Waals surface area contributed by atoms with Crippen LogP contribution in [0.5, 0.6) is 11.5 Å². The summed E-state index contributed by atoms with van der Waals surface area (Å²) in [6, 6.07) is 15.2. The fraction of sp³-hybridized carbons (Fsp3) is 0.269. The number of aromatic nitrogens is 3. The van der Waals surface area contributed by atoms with Gasteiger partial charge in [-0.1, -0.05) is 17.7 Å². The van der Waals surface area contributed by atoms with E-state index >= 15 is 0 Å². The molecule has 0 aliphatic heterocycles. The van der Waals surface area contributed by atoms with Crippen LogP contribution in [0.2, 0.25) is 5.02 Å². The van der Waals surface area contributed by atoms with Crippen molar-refractivity contribution in [1.29, 1.82) is 0 Å². The third-order valence-corrected chi connectivity index (χ3v) is 7.25. The minimum Gasteiger partial charge on any atom is -0.454 e. The Bertz CT molecular complexity index is 1520. The molecule has 0 amide bonds. The highest BCUT2D eigenvalue weighted by Gasteiger charge is 2.44. The zero-order valence-corrected chi connectivity index (χ0v) is 21.5. The number of hydrogen-bond donors (Lipinski definition) is 2. The Hall–Kier alpha value is -3.27. The Kier molecular flexibility index (Phi) is 6.55. The van der Waals surface area contributed by atoms with E-state index in [1.807, 2.05) is 37.3 Å². The van der Waals surface area contributed by atoms with E-state index in [1.165, 1.54) is 12.6 Å². The summed E-state index contributed by atoms with van der Waals surface area (Å²) in [5.41, 5.74) is 3.26. The largest absolute Gasteiger partial charge is 0.454 e. The maximum absolute atomic E-state index is 11.7. The second kappa shape index (κ2) is 9.65. The third-order valence-electron chi connectivity index (χ3n) is 6.15. The molecular weight excluding hydrogens is 498 g/mol. The Morgan fingerprint density at radius 3 is 2.58 bits per heavy atom. The molecule has 5 rings (SSSR count). The summed E-state index contributed by atoms with van der Waals surface area (Å²) in [7, 11) is -3.23. The molecule has 1 aliphatic rings. The van der Waals surface area contributed by atoms with Gasteiger partial charge in [0.2, 0.25) is 10.0 Å². The van der Waals surface area contributed by atoms with E-state index in [1.54, 1.807) is 18.3 Å². The van der Waals surface area contributed by atoms with E-state index in [4.69, 9.17) is 16.3 Å². The number of aryl methyl sites for hydroxylation is 2. The lowest BCUT2D eigenvalue weighted by Gasteiger charge is -2.16. The summed E-state index contributed by atoms with van der Waals surface area (Å²) >= 11 is 6.49. The van der Waals surface area contributed by atoms with Gasteiger partial charge in [-0.3, -0.25) is 4.98 Å². The second-order valence-electron chi connectivity index (χ2n) is 9.24. The fourth-order valence-electron chi connectivity index (χ4n) is 4.13. The Balaban J connectivity index is 1.33. The maximum atomic E-state index is 11.7. The molecule has 10 heteroatoms. The number of hydrogen-bond acceptors (Lipinski definition) is 7. The van der Waals surface area contributed by atoms with E-state index in [-0.39, 0.29) is 5.54 Å². The summed E-state index contributed by atoms with van der Waals surface area (Å²) in [4.78, 5) is 13.1. The monoisotopic (exact) mass is 523 g/mol. The first-order chi connectivity index (χ1) is 17.2. The van der Waals surface area contributed by atoms with Gasteiger partial charge in [-0.15, -0.1) is 0 Å². The summed E-state index contributed by atoms with van der Waals surface area (Å²) in [5, 5.41) is 4.66. The molecule has 8 nitrogen and oxygen atoms in total. The van der Waals surface area contributed by atoms with E-state index in [0.717, 1.165) is 53.5 Å².